The first-order valence-electron chi connectivity index (χ1n) is 9.41. The Bertz CT molecular complexity index is 965. The average Bonchev–Trinajstić information content (AvgIpc) is 3.00. The summed E-state index contributed by atoms with van der Waals surface area (Å²) < 4.78 is 10.6. The van der Waals surface area contributed by atoms with Crippen LogP contribution < -0.4 is 4.74 Å². The van der Waals surface area contributed by atoms with E-state index in [4.69, 9.17) is 21.1 Å². The molecule has 2 aliphatic heterocycles. The minimum atomic E-state index is -0.318. The fourth-order valence-electron chi connectivity index (χ4n) is 3.60. The van der Waals surface area contributed by atoms with E-state index in [1.54, 1.807) is 37.4 Å². The lowest BCUT2D eigenvalue weighted by Gasteiger charge is -2.29. The number of imide groups is 1. The summed E-state index contributed by atoms with van der Waals surface area (Å²) in [6, 6.07) is 14.4. The SMILES string of the molecule is COc1ccc(C2=C(N3CCOCC3)C(=O)N(Cc3ccccc3Cl)C2=O)cc1. The number of halogens is 1. The number of hydrogen-bond acceptors (Lipinski definition) is 5. The van der Waals surface area contributed by atoms with Gasteiger partial charge in [0.25, 0.3) is 11.8 Å². The fraction of sp³-hybridized carbons (Fsp3) is 0.273. The van der Waals surface area contributed by atoms with Crippen molar-refractivity contribution < 1.29 is 19.1 Å². The Morgan fingerprint density at radius 1 is 1.00 bits per heavy atom. The Morgan fingerprint density at radius 3 is 2.34 bits per heavy atom. The zero-order valence-corrected chi connectivity index (χ0v) is 16.8. The van der Waals surface area contributed by atoms with Crippen molar-refractivity contribution in [3.8, 4) is 5.75 Å². The molecule has 0 spiro atoms. The number of carbonyl (C=O) groups is 2. The third-order valence-corrected chi connectivity index (χ3v) is 5.50. The smallest absolute Gasteiger partial charge is 0.278 e. The zero-order chi connectivity index (χ0) is 20.4. The van der Waals surface area contributed by atoms with Crippen molar-refractivity contribution in [3.05, 3.63) is 70.4 Å². The van der Waals surface area contributed by atoms with E-state index in [0.717, 1.165) is 5.56 Å². The summed E-state index contributed by atoms with van der Waals surface area (Å²) in [5.41, 5.74) is 2.25. The molecule has 0 bridgehead atoms. The van der Waals surface area contributed by atoms with Gasteiger partial charge in [-0.15, -0.1) is 0 Å². The zero-order valence-electron chi connectivity index (χ0n) is 16.1. The quantitative estimate of drug-likeness (QED) is 0.707. The topological polar surface area (TPSA) is 59.1 Å². The van der Waals surface area contributed by atoms with Crippen LogP contribution in [0.5, 0.6) is 5.75 Å². The summed E-state index contributed by atoms with van der Waals surface area (Å²) in [6.07, 6.45) is 0. The molecule has 2 amide bonds. The molecule has 2 heterocycles. The maximum atomic E-state index is 13.4. The van der Waals surface area contributed by atoms with Crippen molar-refractivity contribution in [2.45, 2.75) is 6.54 Å². The van der Waals surface area contributed by atoms with Gasteiger partial charge in [-0.3, -0.25) is 14.5 Å². The van der Waals surface area contributed by atoms with E-state index in [-0.39, 0.29) is 18.4 Å². The third kappa shape index (κ3) is 3.73. The maximum Gasteiger partial charge on any atom is 0.278 e. The van der Waals surface area contributed by atoms with Crippen LogP contribution in [0.15, 0.2) is 54.2 Å². The van der Waals surface area contributed by atoms with Crippen LogP contribution in [-0.4, -0.2) is 55.0 Å². The summed E-state index contributed by atoms with van der Waals surface area (Å²) in [5.74, 6) is 0.0659. The molecule has 7 heteroatoms. The van der Waals surface area contributed by atoms with E-state index in [2.05, 4.69) is 0 Å². The van der Waals surface area contributed by atoms with Gasteiger partial charge in [-0.25, -0.2) is 0 Å². The van der Waals surface area contributed by atoms with E-state index in [1.807, 2.05) is 23.1 Å². The Balaban J connectivity index is 1.73. The molecule has 2 aromatic carbocycles. The first-order chi connectivity index (χ1) is 14.1. The number of benzene rings is 2. The number of morpholine rings is 1. The maximum absolute atomic E-state index is 13.4. The molecule has 6 nitrogen and oxygen atoms in total. The lowest BCUT2D eigenvalue weighted by atomic mass is 10.0. The summed E-state index contributed by atoms with van der Waals surface area (Å²) in [6.45, 7) is 2.30. The molecular formula is C22H21ClN2O4. The van der Waals surface area contributed by atoms with Crippen molar-refractivity contribution in [3.63, 3.8) is 0 Å². The van der Waals surface area contributed by atoms with Gasteiger partial charge in [0.15, 0.2) is 0 Å². The Hall–Kier alpha value is -2.83. The van der Waals surface area contributed by atoms with Gasteiger partial charge in [-0.1, -0.05) is 41.9 Å². The number of hydrogen-bond donors (Lipinski definition) is 0. The van der Waals surface area contributed by atoms with E-state index >= 15 is 0 Å². The molecule has 4 rings (SSSR count). The predicted octanol–water partition coefficient (Wildman–Crippen LogP) is 2.96. The molecule has 0 radical (unpaired) electrons. The van der Waals surface area contributed by atoms with Gasteiger partial charge in [0.1, 0.15) is 11.4 Å². The Morgan fingerprint density at radius 2 is 1.69 bits per heavy atom. The molecule has 2 aliphatic rings. The minimum Gasteiger partial charge on any atom is -0.497 e. The molecule has 0 N–H and O–H groups in total. The normalized spacial score (nSPS) is 17.3. The first kappa shape index (κ1) is 19.5. The summed E-state index contributed by atoms with van der Waals surface area (Å²) >= 11 is 6.27. The Labute approximate surface area is 174 Å². The van der Waals surface area contributed by atoms with Gasteiger partial charge in [-0.2, -0.15) is 0 Å². The number of ether oxygens (including phenoxy) is 2. The van der Waals surface area contributed by atoms with Gasteiger partial charge >= 0.3 is 0 Å². The fourth-order valence-corrected chi connectivity index (χ4v) is 3.80. The van der Waals surface area contributed by atoms with E-state index in [0.29, 0.717) is 53.9 Å². The molecule has 0 saturated carbocycles. The van der Waals surface area contributed by atoms with Crippen molar-refractivity contribution in [1.82, 2.24) is 9.80 Å². The highest BCUT2D eigenvalue weighted by Gasteiger charge is 2.42. The molecule has 0 aliphatic carbocycles. The molecule has 1 saturated heterocycles. The average molecular weight is 413 g/mol. The molecule has 150 valence electrons. The minimum absolute atomic E-state index is 0.130. The Kier molecular flexibility index (Phi) is 5.56. The van der Waals surface area contributed by atoms with Gasteiger partial charge in [-0.05, 0) is 29.3 Å². The van der Waals surface area contributed by atoms with Crippen LogP contribution in [0.1, 0.15) is 11.1 Å². The number of methoxy groups -OCH3 is 1. The highest BCUT2D eigenvalue weighted by molar-refractivity contribution is 6.35. The van der Waals surface area contributed by atoms with Gasteiger partial charge < -0.3 is 14.4 Å². The number of amides is 2. The lowest BCUT2D eigenvalue weighted by molar-refractivity contribution is -0.138. The van der Waals surface area contributed by atoms with Crippen LogP contribution >= 0.6 is 11.6 Å². The third-order valence-electron chi connectivity index (χ3n) is 5.14. The molecule has 0 unspecified atom stereocenters. The monoisotopic (exact) mass is 412 g/mol. The van der Waals surface area contributed by atoms with Crippen LogP contribution in [0, 0.1) is 0 Å². The van der Waals surface area contributed by atoms with Crippen molar-refractivity contribution in [2.75, 3.05) is 33.4 Å². The summed E-state index contributed by atoms with van der Waals surface area (Å²) in [7, 11) is 1.59. The standard InChI is InChI=1S/C22H21ClN2O4/c1-28-17-8-6-15(7-9-17)19-20(24-10-12-29-13-11-24)22(27)25(21(19)26)14-16-4-2-3-5-18(16)23/h2-9H,10-14H2,1H3. The lowest BCUT2D eigenvalue weighted by Crippen LogP contribution is -2.40. The molecule has 29 heavy (non-hydrogen) atoms. The van der Waals surface area contributed by atoms with Crippen LogP contribution in [0.2, 0.25) is 5.02 Å². The molecular weight excluding hydrogens is 392 g/mol. The van der Waals surface area contributed by atoms with Gasteiger partial charge in [0.2, 0.25) is 0 Å². The van der Waals surface area contributed by atoms with Gasteiger partial charge in [0.05, 0.1) is 32.4 Å². The van der Waals surface area contributed by atoms with Crippen LogP contribution in [-0.2, 0) is 20.9 Å². The van der Waals surface area contributed by atoms with Gasteiger partial charge in [0, 0.05) is 18.1 Å². The van der Waals surface area contributed by atoms with E-state index in [1.165, 1.54) is 4.90 Å². The second-order valence-electron chi connectivity index (χ2n) is 6.84. The van der Waals surface area contributed by atoms with E-state index < -0.39 is 0 Å². The molecule has 0 aromatic heterocycles. The molecule has 2 aromatic rings. The number of carbonyl (C=O) groups excluding carboxylic acids is 2. The van der Waals surface area contributed by atoms with Crippen molar-refractivity contribution in [2.24, 2.45) is 0 Å². The molecule has 1 fully saturated rings. The second-order valence-corrected chi connectivity index (χ2v) is 7.25. The summed E-state index contributed by atoms with van der Waals surface area (Å²) in [5, 5.41) is 0.527. The number of nitrogens with zero attached hydrogens (tertiary/aromatic N) is 2. The predicted molar refractivity (Wildman–Crippen MR) is 109 cm³/mol. The second kappa shape index (κ2) is 8.27. The van der Waals surface area contributed by atoms with Crippen molar-refractivity contribution >= 4 is 29.0 Å². The largest absolute Gasteiger partial charge is 0.497 e. The summed E-state index contributed by atoms with van der Waals surface area (Å²) in [4.78, 5) is 29.9. The van der Waals surface area contributed by atoms with Crippen LogP contribution in [0.25, 0.3) is 5.57 Å². The molecule has 0 atom stereocenters. The van der Waals surface area contributed by atoms with Crippen LogP contribution in [0.3, 0.4) is 0 Å². The number of rotatable bonds is 5. The first-order valence-corrected chi connectivity index (χ1v) is 9.79. The van der Waals surface area contributed by atoms with Crippen LogP contribution in [0.4, 0.5) is 0 Å². The highest BCUT2D eigenvalue weighted by Crippen LogP contribution is 2.34. The highest BCUT2D eigenvalue weighted by atomic mass is 35.5. The van der Waals surface area contributed by atoms with E-state index in [9.17, 15) is 9.59 Å². The van der Waals surface area contributed by atoms with Crippen molar-refractivity contribution in [1.29, 1.82) is 0 Å².